The fourth-order valence-corrected chi connectivity index (χ4v) is 2.99. The second-order valence-electron chi connectivity index (χ2n) is 6.23. The Morgan fingerprint density at radius 2 is 2.00 bits per heavy atom. The molecule has 0 bridgehead atoms. The first-order valence-corrected chi connectivity index (χ1v) is 8.40. The minimum atomic E-state index is 0. The Hall–Kier alpha value is -0.860. The number of guanidine groups is 1. The van der Waals surface area contributed by atoms with Crippen molar-refractivity contribution in [1.82, 2.24) is 5.32 Å². The zero-order chi connectivity index (χ0) is 16.5. The van der Waals surface area contributed by atoms with Crippen LogP contribution >= 0.6 is 24.0 Å². The molecule has 0 amide bonds. The molecule has 1 saturated heterocycles. The average molecular weight is 447 g/mol. The summed E-state index contributed by atoms with van der Waals surface area (Å²) < 4.78 is 10.6. The van der Waals surface area contributed by atoms with Gasteiger partial charge < -0.3 is 20.5 Å². The van der Waals surface area contributed by atoms with E-state index in [0.717, 1.165) is 32.5 Å². The van der Waals surface area contributed by atoms with E-state index in [-0.39, 0.29) is 36.1 Å². The van der Waals surface area contributed by atoms with Gasteiger partial charge in [0.25, 0.3) is 0 Å². The van der Waals surface area contributed by atoms with Gasteiger partial charge in [-0.1, -0.05) is 30.3 Å². The molecule has 0 spiro atoms. The molecule has 136 valence electrons. The summed E-state index contributed by atoms with van der Waals surface area (Å²) in [6.45, 7) is 4.34. The van der Waals surface area contributed by atoms with Gasteiger partial charge in [-0.05, 0) is 37.7 Å². The lowest BCUT2D eigenvalue weighted by atomic mass is 9.90. The second kappa shape index (κ2) is 11.7. The van der Waals surface area contributed by atoms with E-state index < -0.39 is 0 Å². The second-order valence-corrected chi connectivity index (χ2v) is 6.23. The van der Waals surface area contributed by atoms with Crippen molar-refractivity contribution in [1.29, 1.82) is 0 Å². The molecule has 1 aromatic rings. The van der Waals surface area contributed by atoms with Gasteiger partial charge in [-0.25, -0.2) is 4.99 Å². The number of nitrogens with two attached hydrogens (primary N) is 1. The summed E-state index contributed by atoms with van der Waals surface area (Å²) in [7, 11) is 1.68. The first-order valence-electron chi connectivity index (χ1n) is 8.40. The lowest BCUT2D eigenvalue weighted by Crippen LogP contribution is -2.41. The van der Waals surface area contributed by atoms with Crippen LogP contribution in [0.1, 0.15) is 37.8 Å². The maximum Gasteiger partial charge on any atom is 0.189 e. The molecule has 3 N–H and O–H groups in total. The number of rotatable bonds is 7. The average Bonchev–Trinajstić information content (AvgIpc) is 2.56. The van der Waals surface area contributed by atoms with Crippen molar-refractivity contribution in [2.24, 2.45) is 16.6 Å². The molecular weight excluding hydrogens is 417 g/mol. The van der Waals surface area contributed by atoms with Crippen LogP contribution in [0.25, 0.3) is 0 Å². The van der Waals surface area contributed by atoms with Gasteiger partial charge in [-0.15, -0.1) is 24.0 Å². The van der Waals surface area contributed by atoms with Crippen LogP contribution in [0.4, 0.5) is 0 Å². The van der Waals surface area contributed by atoms with E-state index in [1.54, 1.807) is 7.11 Å². The van der Waals surface area contributed by atoms with Gasteiger partial charge in [-0.3, -0.25) is 0 Å². The van der Waals surface area contributed by atoms with Crippen molar-refractivity contribution in [3.8, 4) is 0 Å². The van der Waals surface area contributed by atoms with Gasteiger partial charge in [0.2, 0.25) is 0 Å². The standard InChI is InChI=1S/C18H29N3O2.HI/c1-14(13-22-2)20-18(19)21-17(16-6-4-3-5-7-16)12-15-8-10-23-11-9-15;/h3-7,14-15,17H,8-13H2,1-2H3,(H3,19,20,21);1H. The Balaban J connectivity index is 0.00000288. The van der Waals surface area contributed by atoms with Crippen LogP contribution in [0, 0.1) is 5.92 Å². The molecule has 0 aromatic heterocycles. The van der Waals surface area contributed by atoms with Gasteiger partial charge in [-0.2, -0.15) is 0 Å². The summed E-state index contributed by atoms with van der Waals surface area (Å²) in [5.74, 6) is 1.12. The number of hydrogen-bond donors (Lipinski definition) is 2. The largest absolute Gasteiger partial charge is 0.383 e. The highest BCUT2D eigenvalue weighted by atomic mass is 127. The van der Waals surface area contributed by atoms with Crippen LogP contribution < -0.4 is 11.1 Å². The monoisotopic (exact) mass is 447 g/mol. The number of halogens is 1. The highest BCUT2D eigenvalue weighted by Gasteiger charge is 2.20. The Morgan fingerprint density at radius 3 is 2.62 bits per heavy atom. The SMILES string of the molecule is COCC(C)NC(N)=NC(CC1CCOCC1)c1ccccc1.I. The fourth-order valence-electron chi connectivity index (χ4n) is 2.99. The lowest BCUT2D eigenvalue weighted by Gasteiger charge is -2.25. The molecule has 0 saturated carbocycles. The highest BCUT2D eigenvalue weighted by Crippen LogP contribution is 2.30. The summed E-state index contributed by atoms with van der Waals surface area (Å²) >= 11 is 0. The van der Waals surface area contributed by atoms with Crippen LogP contribution in [0.3, 0.4) is 0 Å². The van der Waals surface area contributed by atoms with E-state index in [1.807, 2.05) is 13.0 Å². The maximum absolute atomic E-state index is 6.11. The van der Waals surface area contributed by atoms with Gasteiger partial charge in [0, 0.05) is 26.4 Å². The van der Waals surface area contributed by atoms with Crippen LogP contribution in [-0.2, 0) is 9.47 Å². The molecule has 2 unspecified atom stereocenters. The number of aliphatic imine (C=N–C) groups is 1. The van der Waals surface area contributed by atoms with Crippen molar-refractivity contribution in [2.75, 3.05) is 26.9 Å². The minimum Gasteiger partial charge on any atom is -0.383 e. The minimum absolute atomic E-state index is 0. The van der Waals surface area contributed by atoms with Crippen molar-refractivity contribution < 1.29 is 9.47 Å². The summed E-state index contributed by atoms with van der Waals surface area (Å²) in [4.78, 5) is 4.75. The van der Waals surface area contributed by atoms with Gasteiger partial charge in [0.05, 0.1) is 12.6 Å². The Labute approximate surface area is 162 Å². The number of ether oxygens (including phenoxy) is 2. The van der Waals surface area contributed by atoms with E-state index in [9.17, 15) is 0 Å². The summed E-state index contributed by atoms with van der Waals surface area (Å²) in [5.41, 5.74) is 7.32. The number of nitrogens with zero attached hydrogens (tertiary/aromatic N) is 1. The molecule has 2 atom stereocenters. The summed E-state index contributed by atoms with van der Waals surface area (Å²) in [6.07, 6.45) is 3.22. The van der Waals surface area contributed by atoms with Gasteiger partial charge >= 0.3 is 0 Å². The molecular formula is C18H30IN3O2. The molecule has 1 aliphatic rings. The molecule has 1 aliphatic heterocycles. The first-order chi connectivity index (χ1) is 11.2. The topological polar surface area (TPSA) is 68.9 Å². The van der Waals surface area contributed by atoms with Crippen LogP contribution in [0.2, 0.25) is 0 Å². The third-order valence-electron chi connectivity index (χ3n) is 4.19. The van der Waals surface area contributed by atoms with Crippen molar-refractivity contribution >= 4 is 29.9 Å². The molecule has 24 heavy (non-hydrogen) atoms. The van der Waals surface area contributed by atoms with Gasteiger partial charge in [0.1, 0.15) is 0 Å². The highest BCUT2D eigenvalue weighted by molar-refractivity contribution is 14.0. The molecule has 1 fully saturated rings. The Bertz CT molecular complexity index is 478. The molecule has 2 rings (SSSR count). The van der Waals surface area contributed by atoms with Crippen molar-refractivity contribution in [3.05, 3.63) is 35.9 Å². The Morgan fingerprint density at radius 1 is 1.33 bits per heavy atom. The lowest BCUT2D eigenvalue weighted by molar-refractivity contribution is 0.0619. The normalized spacial score (nSPS) is 18.5. The predicted molar refractivity (Wildman–Crippen MR) is 109 cm³/mol. The number of benzene rings is 1. The number of methoxy groups -OCH3 is 1. The van der Waals surface area contributed by atoms with Crippen molar-refractivity contribution in [3.63, 3.8) is 0 Å². The van der Waals surface area contributed by atoms with Crippen molar-refractivity contribution in [2.45, 2.75) is 38.3 Å². The van der Waals surface area contributed by atoms with E-state index in [1.165, 1.54) is 5.56 Å². The quantitative estimate of drug-likeness (QED) is 0.383. The number of hydrogen-bond acceptors (Lipinski definition) is 3. The summed E-state index contributed by atoms with van der Waals surface area (Å²) in [5, 5.41) is 3.20. The fraction of sp³-hybridized carbons (Fsp3) is 0.611. The van der Waals surface area contributed by atoms with Gasteiger partial charge in [0.15, 0.2) is 5.96 Å². The summed E-state index contributed by atoms with van der Waals surface area (Å²) in [6, 6.07) is 10.6. The van der Waals surface area contributed by atoms with E-state index in [0.29, 0.717) is 18.5 Å². The van der Waals surface area contributed by atoms with Crippen LogP contribution in [-0.4, -0.2) is 38.9 Å². The van der Waals surface area contributed by atoms with E-state index in [2.05, 4.69) is 29.6 Å². The van der Waals surface area contributed by atoms with E-state index in [4.69, 9.17) is 20.2 Å². The zero-order valence-corrected chi connectivity index (χ0v) is 16.9. The maximum atomic E-state index is 6.11. The predicted octanol–water partition coefficient (Wildman–Crippen LogP) is 3.10. The van der Waals surface area contributed by atoms with Crippen LogP contribution in [0.15, 0.2) is 35.3 Å². The number of nitrogens with one attached hydrogen (secondary N) is 1. The van der Waals surface area contributed by atoms with E-state index >= 15 is 0 Å². The molecule has 1 aromatic carbocycles. The molecule has 1 heterocycles. The third-order valence-corrected chi connectivity index (χ3v) is 4.19. The third kappa shape index (κ3) is 7.36. The molecule has 5 nitrogen and oxygen atoms in total. The smallest absolute Gasteiger partial charge is 0.189 e. The molecule has 6 heteroatoms. The first kappa shape index (κ1) is 21.2. The molecule has 0 aliphatic carbocycles. The Kier molecular flexibility index (Phi) is 10.3. The van der Waals surface area contributed by atoms with Crippen LogP contribution in [0.5, 0.6) is 0 Å². The molecule has 0 radical (unpaired) electrons. The zero-order valence-electron chi connectivity index (χ0n) is 14.6.